The normalized spacial score (nSPS) is 14.8. The lowest BCUT2D eigenvalue weighted by Gasteiger charge is -2.33. The number of hydrogen-bond acceptors (Lipinski definition) is 6. The Labute approximate surface area is 151 Å². The molecule has 7 heteroatoms. The molecule has 0 unspecified atom stereocenters. The van der Waals surface area contributed by atoms with E-state index in [4.69, 9.17) is 15.3 Å². The topological polar surface area (TPSA) is 110 Å². The van der Waals surface area contributed by atoms with Crippen LogP contribution in [0.3, 0.4) is 0 Å². The summed E-state index contributed by atoms with van der Waals surface area (Å²) in [5.41, 5.74) is 5.24. The second-order valence-corrected chi connectivity index (χ2v) is 6.66. The van der Waals surface area contributed by atoms with Gasteiger partial charge in [-0.25, -0.2) is 10.8 Å². The Morgan fingerprint density at radius 3 is 2.77 bits per heavy atom. The lowest BCUT2D eigenvalue weighted by molar-refractivity contribution is -0.123. The van der Waals surface area contributed by atoms with E-state index in [1.165, 1.54) is 0 Å². The number of hydrogen-bond donors (Lipinski definition) is 2. The molecule has 1 aromatic carbocycles. The molecule has 7 nitrogen and oxygen atoms in total. The van der Waals surface area contributed by atoms with Crippen molar-refractivity contribution in [2.24, 2.45) is 5.84 Å². The van der Waals surface area contributed by atoms with E-state index < -0.39 is 11.5 Å². The molecule has 0 bridgehead atoms. The maximum Gasteiger partial charge on any atom is 0.271 e. The molecule has 2 heterocycles. The summed E-state index contributed by atoms with van der Waals surface area (Å²) in [4.78, 5) is 16.0. The molecule has 0 radical (unpaired) electrons. The van der Waals surface area contributed by atoms with Crippen molar-refractivity contribution in [3.8, 4) is 23.2 Å². The van der Waals surface area contributed by atoms with Crippen molar-refractivity contribution < 1.29 is 14.3 Å². The average molecular weight is 352 g/mol. The number of carbonyl (C=O) groups excluding carboxylic acids is 1. The molecule has 2 aromatic rings. The van der Waals surface area contributed by atoms with E-state index in [9.17, 15) is 10.1 Å². The Bertz CT molecular complexity index is 873. The van der Waals surface area contributed by atoms with Crippen LogP contribution >= 0.6 is 0 Å². The average Bonchev–Trinajstić information content (AvgIpc) is 2.64. The number of nitrogens with one attached hydrogen (secondary N) is 1. The molecule has 134 valence electrons. The zero-order chi connectivity index (χ0) is 18.7. The van der Waals surface area contributed by atoms with Gasteiger partial charge in [-0.1, -0.05) is 30.3 Å². The Balaban J connectivity index is 2.16. The first-order chi connectivity index (χ1) is 12.4. The summed E-state index contributed by atoms with van der Waals surface area (Å²) in [6.45, 7) is 3.99. The molecule has 0 saturated heterocycles. The van der Waals surface area contributed by atoms with E-state index in [1.807, 2.05) is 49.6 Å². The summed E-state index contributed by atoms with van der Waals surface area (Å²) in [5.74, 6) is 4.72. The van der Waals surface area contributed by atoms with Gasteiger partial charge in [0, 0.05) is 17.5 Å². The number of fused-ring (bicyclic) bond motifs is 1. The Morgan fingerprint density at radius 1 is 1.38 bits per heavy atom. The number of amides is 1. The van der Waals surface area contributed by atoms with Crippen LogP contribution in [-0.2, 0) is 22.6 Å². The maximum absolute atomic E-state index is 11.4. The summed E-state index contributed by atoms with van der Waals surface area (Å²) in [6, 6.07) is 11.8. The molecule has 1 aliphatic rings. The number of pyridine rings is 1. The van der Waals surface area contributed by atoms with Gasteiger partial charge in [0.05, 0.1) is 17.9 Å². The molecule has 3 rings (SSSR count). The first-order valence-corrected chi connectivity index (χ1v) is 8.22. The van der Waals surface area contributed by atoms with Gasteiger partial charge in [-0.2, -0.15) is 5.26 Å². The van der Waals surface area contributed by atoms with Gasteiger partial charge >= 0.3 is 0 Å². The summed E-state index contributed by atoms with van der Waals surface area (Å²) in [5, 5.41) is 9.69. The summed E-state index contributed by atoms with van der Waals surface area (Å²) < 4.78 is 11.4. The second-order valence-electron chi connectivity index (χ2n) is 6.66. The zero-order valence-electron chi connectivity index (χ0n) is 14.7. The van der Waals surface area contributed by atoms with Crippen LogP contribution in [0.1, 0.15) is 30.5 Å². The van der Waals surface area contributed by atoms with E-state index in [2.05, 4.69) is 11.1 Å². The van der Waals surface area contributed by atoms with Crippen LogP contribution in [0.15, 0.2) is 30.3 Å². The van der Waals surface area contributed by atoms with E-state index in [-0.39, 0.29) is 12.5 Å². The molecular formula is C19H20N4O3. The highest BCUT2D eigenvalue weighted by Crippen LogP contribution is 2.38. The maximum atomic E-state index is 11.4. The van der Waals surface area contributed by atoms with Crippen molar-refractivity contribution in [1.29, 1.82) is 5.26 Å². The fourth-order valence-corrected chi connectivity index (χ4v) is 2.97. The molecule has 0 aliphatic carbocycles. The Kier molecular flexibility index (Phi) is 4.89. The predicted octanol–water partition coefficient (Wildman–Crippen LogP) is 1.84. The number of rotatable bonds is 4. The van der Waals surface area contributed by atoms with Crippen LogP contribution in [0.2, 0.25) is 0 Å². The largest absolute Gasteiger partial charge is 0.467 e. The first kappa shape index (κ1) is 17.9. The van der Waals surface area contributed by atoms with Crippen LogP contribution in [0, 0.1) is 11.3 Å². The number of benzene rings is 1. The second kappa shape index (κ2) is 7.12. The van der Waals surface area contributed by atoms with E-state index >= 15 is 0 Å². The van der Waals surface area contributed by atoms with Crippen LogP contribution in [0.4, 0.5) is 0 Å². The van der Waals surface area contributed by atoms with Crippen LogP contribution in [0.5, 0.6) is 5.88 Å². The molecule has 26 heavy (non-hydrogen) atoms. The fourth-order valence-electron chi connectivity index (χ4n) is 2.97. The molecule has 0 saturated carbocycles. The van der Waals surface area contributed by atoms with E-state index in [1.54, 1.807) is 0 Å². The van der Waals surface area contributed by atoms with Gasteiger partial charge in [0.25, 0.3) is 5.91 Å². The molecule has 0 fully saturated rings. The van der Waals surface area contributed by atoms with Gasteiger partial charge in [-0.3, -0.25) is 10.2 Å². The van der Waals surface area contributed by atoms with Gasteiger partial charge in [0.15, 0.2) is 6.61 Å². The zero-order valence-corrected chi connectivity index (χ0v) is 14.7. The molecule has 0 spiro atoms. The minimum atomic E-state index is -0.502. The fraction of sp³-hybridized carbons (Fsp3) is 0.316. The van der Waals surface area contributed by atoms with Gasteiger partial charge in [0.2, 0.25) is 5.88 Å². The van der Waals surface area contributed by atoms with Gasteiger partial charge in [-0.15, -0.1) is 0 Å². The van der Waals surface area contributed by atoms with Crippen molar-refractivity contribution >= 4 is 5.91 Å². The van der Waals surface area contributed by atoms with Gasteiger partial charge < -0.3 is 9.47 Å². The van der Waals surface area contributed by atoms with Crippen molar-refractivity contribution in [3.63, 3.8) is 0 Å². The highest BCUT2D eigenvalue weighted by Gasteiger charge is 2.32. The van der Waals surface area contributed by atoms with Crippen LogP contribution in [-0.4, -0.2) is 23.1 Å². The minimum absolute atomic E-state index is 0.131. The Hall–Kier alpha value is -2.95. The van der Waals surface area contributed by atoms with Crippen molar-refractivity contribution in [3.05, 3.63) is 47.0 Å². The third kappa shape index (κ3) is 3.52. The number of aromatic nitrogens is 1. The van der Waals surface area contributed by atoms with Crippen molar-refractivity contribution in [2.75, 3.05) is 6.61 Å². The highest BCUT2D eigenvalue weighted by molar-refractivity contribution is 5.77. The third-order valence-corrected chi connectivity index (χ3v) is 4.25. The minimum Gasteiger partial charge on any atom is -0.467 e. The van der Waals surface area contributed by atoms with Crippen LogP contribution in [0.25, 0.3) is 11.3 Å². The molecule has 1 aromatic heterocycles. The monoisotopic (exact) mass is 352 g/mol. The molecule has 1 aliphatic heterocycles. The summed E-state index contributed by atoms with van der Waals surface area (Å²) >= 11 is 0. The third-order valence-electron chi connectivity index (χ3n) is 4.25. The lowest BCUT2D eigenvalue weighted by Crippen LogP contribution is -2.35. The molecule has 1 amide bonds. The quantitative estimate of drug-likeness (QED) is 0.493. The summed E-state index contributed by atoms with van der Waals surface area (Å²) in [7, 11) is 0. The van der Waals surface area contributed by atoms with Crippen LogP contribution < -0.4 is 16.0 Å². The molecule has 0 atom stereocenters. The number of ether oxygens (including phenoxy) is 2. The Morgan fingerprint density at radius 2 is 2.12 bits per heavy atom. The number of nitrogens with two attached hydrogens (primary N) is 1. The predicted molar refractivity (Wildman–Crippen MR) is 94.8 cm³/mol. The summed E-state index contributed by atoms with van der Waals surface area (Å²) in [6.07, 6.45) is 0.549. The molecule has 3 N–H and O–H groups in total. The smallest absolute Gasteiger partial charge is 0.271 e. The number of carbonyl (C=O) groups is 1. The van der Waals surface area contributed by atoms with E-state index in [0.29, 0.717) is 24.3 Å². The first-order valence-electron chi connectivity index (χ1n) is 8.22. The van der Waals surface area contributed by atoms with Gasteiger partial charge in [-0.05, 0) is 19.4 Å². The van der Waals surface area contributed by atoms with Crippen molar-refractivity contribution in [2.45, 2.75) is 32.5 Å². The number of nitrogens with zero attached hydrogens (tertiary/aromatic N) is 2. The molecular weight excluding hydrogens is 332 g/mol. The lowest BCUT2D eigenvalue weighted by atomic mass is 9.87. The SMILES string of the molecule is CC1(C)Cc2c(C#N)c(OCC(=O)NN)nc(-c3ccccc3)c2CO1. The van der Waals surface area contributed by atoms with E-state index in [0.717, 1.165) is 16.7 Å². The highest BCUT2D eigenvalue weighted by atomic mass is 16.5. The van der Waals surface area contributed by atoms with Gasteiger partial charge in [0.1, 0.15) is 11.6 Å². The van der Waals surface area contributed by atoms with Crippen molar-refractivity contribution in [1.82, 2.24) is 10.4 Å². The standard InChI is InChI=1S/C19H20N4O3/c1-19(2)8-13-14(9-20)18(25-11-16(24)23-21)22-17(15(13)10-26-19)12-6-4-3-5-7-12/h3-7H,8,10-11,21H2,1-2H3,(H,23,24). The number of nitriles is 1. The number of hydrazine groups is 1.